The van der Waals surface area contributed by atoms with Crippen molar-refractivity contribution in [3.63, 3.8) is 0 Å². The fourth-order valence-electron chi connectivity index (χ4n) is 8.78. The van der Waals surface area contributed by atoms with E-state index in [1.165, 1.54) is 33.0 Å². The van der Waals surface area contributed by atoms with E-state index in [1.54, 1.807) is 0 Å². The van der Waals surface area contributed by atoms with Gasteiger partial charge in [0.05, 0.1) is 11.0 Å². The van der Waals surface area contributed by atoms with E-state index in [0.717, 1.165) is 66.5 Å². The van der Waals surface area contributed by atoms with Gasteiger partial charge in [-0.1, -0.05) is 170 Å². The van der Waals surface area contributed by atoms with Gasteiger partial charge in [0.25, 0.3) is 0 Å². The molecule has 0 unspecified atom stereocenters. The summed E-state index contributed by atoms with van der Waals surface area (Å²) >= 11 is 0. The molecule has 0 saturated heterocycles. The van der Waals surface area contributed by atoms with E-state index < -0.39 is 0 Å². The summed E-state index contributed by atoms with van der Waals surface area (Å²) in [5.41, 5.74) is 14.5. The van der Waals surface area contributed by atoms with Crippen LogP contribution in [0.5, 0.6) is 0 Å². The summed E-state index contributed by atoms with van der Waals surface area (Å²) in [5.74, 6) is 1.80. The molecule has 0 aliphatic carbocycles. The van der Waals surface area contributed by atoms with Crippen LogP contribution in [0.3, 0.4) is 0 Å². The molecule has 5 nitrogen and oxygen atoms in total. The molecule has 0 atom stereocenters. The summed E-state index contributed by atoms with van der Waals surface area (Å²) in [6.45, 7) is 0. The molecule has 12 rings (SSSR count). The molecule has 0 fully saturated rings. The highest BCUT2D eigenvalue weighted by Crippen LogP contribution is 2.39. The van der Waals surface area contributed by atoms with Crippen LogP contribution in [0, 0.1) is 0 Å². The van der Waals surface area contributed by atoms with Crippen LogP contribution in [0.15, 0.2) is 223 Å². The summed E-state index contributed by atoms with van der Waals surface area (Å²) in [6.07, 6.45) is 0. The quantitative estimate of drug-likeness (QED) is 0.161. The molecule has 0 saturated carbocycles. The Balaban J connectivity index is 0.998. The lowest BCUT2D eigenvalue weighted by atomic mass is 10.0. The molecule has 0 amide bonds. The van der Waals surface area contributed by atoms with Crippen molar-refractivity contribution in [2.45, 2.75) is 0 Å². The third-order valence-corrected chi connectivity index (χ3v) is 11.9. The number of benzene rings is 9. The van der Waals surface area contributed by atoms with E-state index in [9.17, 15) is 0 Å². The van der Waals surface area contributed by atoms with Gasteiger partial charge >= 0.3 is 0 Å². The summed E-state index contributed by atoms with van der Waals surface area (Å²) in [6, 6.07) is 76.4. The fraction of sp³-hybridized carbons (Fsp3) is 0. The van der Waals surface area contributed by atoms with E-state index in [4.69, 9.17) is 19.4 Å². The van der Waals surface area contributed by atoms with Crippen molar-refractivity contribution < 1.29 is 4.42 Å². The smallest absolute Gasteiger partial charge is 0.164 e. The Morgan fingerprint density at radius 2 is 0.661 bits per heavy atom. The van der Waals surface area contributed by atoms with Crippen molar-refractivity contribution in [1.82, 2.24) is 19.5 Å². The Morgan fingerprint density at radius 3 is 1.21 bits per heavy atom. The molecule has 0 spiro atoms. The third-order valence-electron chi connectivity index (χ3n) is 11.9. The maximum atomic E-state index is 6.77. The van der Waals surface area contributed by atoms with Gasteiger partial charge in [0.2, 0.25) is 0 Å². The fourth-order valence-corrected chi connectivity index (χ4v) is 8.78. The third kappa shape index (κ3) is 6.23. The van der Waals surface area contributed by atoms with E-state index in [-0.39, 0.29) is 0 Å². The molecule has 3 aromatic heterocycles. The van der Waals surface area contributed by atoms with Crippen molar-refractivity contribution in [3.8, 4) is 73.2 Å². The second kappa shape index (κ2) is 14.7. The van der Waals surface area contributed by atoms with E-state index >= 15 is 0 Å². The van der Waals surface area contributed by atoms with Gasteiger partial charge in [-0.25, -0.2) is 15.0 Å². The maximum Gasteiger partial charge on any atom is 0.164 e. The lowest BCUT2D eigenvalue weighted by Gasteiger charge is -2.10. The molecule has 0 aliphatic rings. The SMILES string of the molecule is c1ccc(-c2cccc(-c3nc(-c4ccccc4)nc(-c4ccc5c(c4)oc4cc(-n6c7cc(-c8ccccc8)ccc7c7ccc(-c8ccccc8)cc76)ccc45)n3)c2)cc1. The first-order chi connectivity index (χ1) is 30.7. The van der Waals surface area contributed by atoms with Crippen LogP contribution in [0.25, 0.3) is 117 Å². The van der Waals surface area contributed by atoms with Crippen molar-refractivity contribution >= 4 is 43.7 Å². The predicted molar refractivity (Wildman–Crippen MR) is 254 cm³/mol. The average Bonchev–Trinajstić information content (AvgIpc) is 3.89. The number of nitrogens with zero attached hydrogens (tertiary/aromatic N) is 4. The Morgan fingerprint density at radius 1 is 0.274 bits per heavy atom. The molecule has 62 heavy (non-hydrogen) atoms. The first-order valence-corrected chi connectivity index (χ1v) is 20.8. The Labute approximate surface area is 357 Å². The van der Waals surface area contributed by atoms with Crippen LogP contribution in [0.2, 0.25) is 0 Å². The zero-order valence-electron chi connectivity index (χ0n) is 33.5. The topological polar surface area (TPSA) is 56.7 Å². The highest BCUT2D eigenvalue weighted by Gasteiger charge is 2.18. The number of hydrogen-bond acceptors (Lipinski definition) is 4. The van der Waals surface area contributed by atoms with Crippen LogP contribution in [0.4, 0.5) is 0 Å². The molecular formula is C57H36N4O. The summed E-state index contributed by atoms with van der Waals surface area (Å²) < 4.78 is 9.15. The Kier molecular flexibility index (Phi) is 8.42. The van der Waals surface area contributed by atoms with Crippen LogP contribution in [0.1, 0.15) is 0 Å². The standard InChI is InChI=1S/C57H36N4O/c1-5-14-37(15-6-1)41-22-13-23-44(32-41)56-58-55(40-20-11-4-12-21-40)59-57(60-56)45-26-30-49-50-31-27-46(36-54(50)62-53(49)35-45)61-51-33-42(38-16-7-2-8-17-38)24-28-47(51)48-29-25-43(34-52(48)61)39-18-9-3-10-19-39/h1-36H. The zero-order chi connectivity index (χ0) is 41.0. The average molecular weight is 793 g/mol. The molecular weight excluding hydrogens is 757 g/mol. The van der Waals surface area contributed by atoms with Crippen molar-refractivity contribution in [3.05, 3.63) is 218 Å². The normalized spacial score (nSPS) is 11.5. The molecule has 0 aliphatic heterocycles. The lowest BCUT2D eigenvalue weighted by Crippen LogP contribution is -2.00. The predicted octanol–water partition coefficient (Wildman–Crippen LogP) is 14.9. The second-order valence-corrected chi connectivity index (χ2v) is 15.6. The summed E-state index contributed by atoms with van der Waals surface area (Å²) in [7, 11) is 0. The first-order valence-electron chi connectivity index (χ1n) is 20.8. The molecule has 3 heterocycles. The van der Waals surface area contributed by atoms with E-state index in [1.807, 2.05) is 36.4 Å². The zero-order valence-corrected chi connectivity index (χ0v) is 33.5. The Hall–Kier alpha value is -8.41. The van der Waals surface area contributed by atoms with Gasteiger partial charge in [-0.05, 0) is 75.8 Å². The van der Waals surface area contributed by atoms with Crippen LogP contribution < -0.4 is 0 Å². The van der Waals surface area contributed by atoms with Gasteiger partial charge in [-0.15, -0.1) is 0 Å². The van der Waals surface area contributed by atoms with E-state index in [0.29, 0.717) is 17.5 Å². The van der Waals surface area contributed by atoms with Crippen LogP contribution in [-0.4, -0.2) is 19.5 Å². The molecule has 0 radical (unpaired) electrons. The monoisotopic (exact) mass is 792 g/mol. The molecule has 0 bridgehead atoms. The molecule has 290 valence electrons. The molecule has 9 aromatic carbocycles. The van der Waals surface area contributed by atoms with Crippen molar-refractivity contribution in [2.75, 3.05) is 0 Å². The van der Waals surface area contributed by atoms with Gasteiger partial charge in [0.15, 0.2) is 17.5 Å². The lowest BCUT2D eigenvalue weighted by molar-refractivity contribution is 0.668. The summed E-state index contributed by atoms with van der Waals surface area (Å²) in [4.78, 5) is 15.1. The van der Waals surface area contributed by atoms with Gasteiger partial charge in [0, 0.05) is 50.0 Å². The largest absolute Gasteiger partial charge is 0.456 e. The highest BCUT2D eigenvalue weighted by atomic mass is 16.3. The minimum Gasteiger partial charge on any atom is -0.456 e. The first kappa shape index (κ1) is 35.5. The number of fused-ring (bicyclic) bond motifs is 6. The maximum absolute atomic E-state index is 6.77. The van der Waals surface area contributed by atoms with Crippen molar-refractivity contribution in [1.29, 1.82) is 0 Å². The number of aromatic nitrogens is 4. The molecule has 0 N–H and O–H groups in total. The van der Waals surface area contributed by atoms with Gasteiger partial charge in [-0.2, -0.15) is 0 Å². The summed E-state index contributed by atoms with van der Waals surface area (Å²) in [5, 5.41) is 4.48. The van der Waals surface area contributed by atoms with Gasteiger partial charge < -0.3 is 8.98 Å². The van der Waals surface area contributed by atoms with E-state index in [2.05, 4.69) is 187 Å². The number of rotatable bonds is 7. The molecule has 12 aromatic rings. The van der Waals surface area contributed by atoms with Crippen molar-refractivity contribution in [2.24, 2.45) is 0 Å². The molecule has 5 heteroatoms. The van der Waals surface area contributed by atoms with Crippen LogP contribution >= 0.6 is 0 Å². The number of furan rings is 1. The number of hydrogen-bond donors (Lipinski definition) is 0. The van der Waals surface area contributed by atoms with Crippen LogP contribution in [-0.2, 0) is 0 Å². The van der Waals surface area contributed by atoms with Gasteiger partial charge in [-0.3, -0.25) is 0 Å². The highest BCUT2D eigenvalue weighted by molar-refractivity contribution is 6.12. The Bertz CT molecular complexity index is 3520. The van der Waals surface area contributed by atoms with Gasteiger partial charge in [0.1, 0.15) is 11.2 Å². The second-order valence-electron chi connectivity index (χ2n) is 15.6. The minimum atomic E-state index is 0.579. The minimum absolute atomic E-state index is 0.579.